The molecule has 3 aromatic carbocycles. The van der Waals surface area contributed by atoms with Crippen LogP contribution < -0.4 is 21.7 Å². The molecule has 0 radical (unpaired) electrons. The number of hydrogen-bond donors (Lipinski definition) is 4. The Balaban J connectivity index is 1.49. The molecule has 2 amide bonds. The lowest BCUT2D eigenvalue weighted by Gasteiger charge is -2.09. The zero-order chi connectivity index (χ0) is 22.7. The third kappa shape index (κ3) is 4.15. The molecule has 8 heteroatoms. The van der Waals surface area contributed by atoms with Gasteiger partial charge in [0.25, 0.3) is 11.8 Å². The molecule has 5 N–H and O–H groups in total. The van der Waals surface area contributed by atoms with E-state index < -0.39 is 5.97 Å². The van der Waals surface area contributed by atoms with Crippen LogP contribution in [0.5, 0.6) is 0 Å². The summed E-state index contributed by atoms with van der Waals surface area (Å²) < 4.78 is 4.74. The number of ether oxygens (including phenoxy) is 1. The first-order chi connectivity index (χ1) is 15.5. The van der Waals surface area contributed by atoms with Gasteiger partial charge in [0, 0.05) is 28.7 Å². The van der Waals surface area contributed by atoms with E-state index in [1.165, 1.54) is 7.11 Å². The predicted molar refractivity (Wildman–Crippen MR) is 123 cm³/mol. The number of anilines is 4. The number of rotatable bonds is 5. The van der Waals surface area contributed by atoms with Crippen LogP contribution in [-0.4, -0.2) is 24.9 Å². The van der Waals surface area contributed by atoms with Gasteiger partial charge < -0.3 is 26.4 Å². The Kier molecular flexibility index (Phi) is 5.59. The third-order valence-electron chi connectivity index (χ3n) is 4.96. The van der Waals surface area contributed by atoms with Gasteiger partial charge in [-0.05, 0) is 54.6 Å². The molecule has 0 saturated heterocycles. The van der Waals surface area contributed by atoms with E-state index >= 15 is 0 Å². The van der Waals surface area contributed by atoms with Crippen molar-refractivity contribution in [2.24, 2.45) is 0 Å². The van der Waals surface area contributed by atoms with Gasteiger partial charge in [-0.1, -0.05) is 12.1 Å². The topological polar surface area (TPSA) is 123 Å². The van der Waals surface area contributed by atoms with Crippen molar-refractivity contribution in [3.63, 3.8) is 0 Å². The molecule has 0 aromatic heterocycles. The molecule has 1 aliphatic heterocycles. The summed E-state index contributed by atoms with van der Waals surface area (Å²) >= 11 is 0. The average molecular weight is 428 g/mol. The van der Waals surface area contributed by atoms with E-state index in [2.05, 4.69) is 16.0 Å². The average Bonchev–Trinajstić information content (AvgIpc) is 3.13. The molecule has 1 aliphatic rings. The van der Waals surface area contributed by atoms with E-state index in [1.807, 2.05) is 0 Å². The summed E-state index contributed by atoms with van der Waals surface area (Å²) in [5.41, 5.74) is 9.97. The van der Waals surface area contributed by atoms with Crippen LogP contribution in [0.4, 0.5) is 22.7 Å². The van der Waals surface area contributed by atoms with Crippen LogP contribution in [0.2, 0.25) is 0 Å². The van der Waals surface area contributed by atoms with Gasteiger partial charge in [0.15, 0.2) is 0 Å². The molecule has 0 spiro atoms. The summed E-state index contributed by atoms with van der Waals surface area (Å²) in [5.74, 6) is -1.05. The van der Waals surface area contributed by atoms with E-state index in [0.717, 1.165) is 0 Å². The first-order valence-corrected chi connectivity index (χ1v) is 9.73. The second-order valence-electron chi connectivity index (χ2n) is 7.03. The summed E-state index contributed by atoms with van der Waals surface area (Å²) in [6.45, 7) is 0. The molecule has 0 fully saturated rings. The van der Waals surface area contributed by atoms with Crippen LogP contribution >= 0.6 is 0 Å². The van der Waals surface area contributed by atoms with Gasteiger partial charge in [0.2, 0.25) is 0 Å². The third-order valence-corrected chi connectivity index (χ3v) is 4.96. The normalized spacial score (nSPS) is 13.3. The molecule has 0 atom stereocenters. The Bertz CT molecular complexity index is 1250. The standard InChI is InChI=1S/C24H20N4O4/c1-32-24(31)15-8-11-20-17(12-15)18(23(30)27-20)13-26-16-9-6-14(7-10-16)22(29)28-21-5-3-2-4-19(21)25/h2-13,26H,25H2,1H3,(H,27,30)(H,28,29). The minimum Gasteiger partial charge on any atom is -0.465 e. The molecule has 8 nitrogen and oxygen atoms in total. The molecule has 4 rings (SSSR count). The van der Waals surface area contributed by atoms with Crippen molar-refractivity contribution in [2.75, 3.05) is 28.8 Å². The van der Waals surface area contributed by atoms with Gasteiger partial charge in [-0.2, -0.15) is 0 Å². The number of para-hydroxylation sites is 2. The quantitative estimate of drug-likeness (QED) is 0.279. The molecular formula is C24H20N4O4. The van der Waals surface area contributed by atoms with Crippen molar-refractivity contribution < 1.29 is 19.1 Å². The second kappa shape index (κ2) is 8.65. The van der Waals surface area contributed by atoms with Crippen molar-refractivity contribution >= 4 is 46.1 Å². The van der Waals surface area contributed by atoms with Crippen LogP contribution in [0.25, 0.3) is 5.57 Å². The van der Waals surface area contributed by atoms with Crippen molar-refractivity contribution in [1.82, 2.24) is 0 Å². The molecule has 1 heterocycles. The molecule has 0 aliphatic carbocycles. The van der Waals surface area contributed by atoms with E-state index in [9.17, 15) is 14.4 Å². The Hall–Kier alpha value is -4.59. The number of carbonyl (C=O) groups is 3. The van der Waals surface area contributed by atoms with Crippen LogP contribution in [0, 0.1) is 0 Å². The SMILES string of the molecule is COC(=O)c1ccc2c(c1)C(=CNc1ccc(C(=O)Nc3ccccc3N)cc1)C(=O)N2. The van der Waals surface area contributed by atoms with Gasteiger partial charge >= 0.3 is 5.97 Å². The number of nitrogens with one attached hydrogen (secondary N) is 3. The number of carbonyl (C=O) groups excluding carboxylic acids is 3. The lowest BCUT2D eigenvalue weighted by Crippen LogP contribution is -2.13. The monoisotopic (exact) mass is 428 g/mol. The fourth-order valence-electron chi connectivity index (χ4n) is 3.25. The number of esters is 1. The minimum absolute atomic E-state index is 0.285. The number of nitrogen functional groups attached to an aromatic ring is 1. The summed E-state index contributed by atoms with van der Waals surface area (Å²) in [5, 5.41) is 8.58. The number of amides is 2. The Labute approximate surface area is 184 Å². The first kappa shape index (κ1) is 20.7. The fraction of sp³-hybridized carbons (Fsp3) is 0.0417. The van der Waals surface area contributed by atoms with Crippen LogP contribution in [0.15, 0.2) is 72.9 Å². The number of methoxy groups -OCH3 is 1. The molecule has 160 valence electrons. The van der Waals surface area contributed by atoms with Gasteiger partial charge in [-0.25, -0.2) is 4.79 Å². The van der Waals surface area contributed by atoms with Crippen LogP contribution in [-0.2, 0) is 9.53 Å². The highest BCUT2D eigenvalue weighted by atomic mass is 16.5. The van der Waals surface area contributed by atoms with E-state index in [4.69, 9.17) is 10.5 Å². The van der Waals surface area contributed by atoms with Crippen LogP contribution in [0.3, 0.4) is 0 Å². The molecule has 0 saturated carbocycles. The summed E-state index contributed by atoms with van der Waals surface area (Å²) in [6, 6.07) is 18.6. The van der Waals surface area contributed by atoms with Crippen molar-refractivity contribution in [3.05, 3.63) is 89.6 Å². The van der Waals surface area contributed by atoms with E-state index in [1.54, 1.807) is 72.9 Å². The molecular weight excluding hydrogens is 408 g/mol. The lowest BCUT2D eigenvalue weighted by molar-refractivity contribution is -0.110. The first-order valence-electron chi connectivity index (χ1n) is 9.73. The maximum absolute atomic E-state index is 12.4. The Morgan fingerprint density at radius 1 is 1.00 bits per heavy atom. The smallest absolute Gasteiger partial charge is 0.337 e. The summed E-state index contributed by atoms with van der Waals surface area (Å²) in [7, 11) is 1.30. The van der Waals surface area contributed by atoms with Crippen molar-refractivity contribution in [3.8, 4) is 0 Å². The lowest BCUT2D eigenvalue weighted by atomic mass is 10.0. The predicted octanol–water partition coefficient (Wildman–Crippen LogP) is 3.71. The van der Waals surface area contributed by atoms with Crippen LogP contribution in [0.1, 0.15) is 26.3 Å². The van der Waals surface area contributed by atoms with Gasteiger partial charge in [-0.3, -0.25) is 9.59 Å². The number of fused-ring (bicyclic) bond motifs is 1. The summed E-state index contributed by atoms with van der Waals surface area (Å²) in [4.78, 5) is 36.6. The number of hydrogen-bond acceptors (Lipinski definition) is 6. The maximum Gasteiger partial charge on any atom is 0.337 e. The van der Waals surface area contributed by atoms with Crippen molar-refractivity contribution in [2.45, 2.75) is 0 Å². The number of nitrogens with two attached hydrogens (primary N) is 1. The van der Waals surface area contributed by atoms with E-state index in [0.29, 0.717) is 45.0 Å². The van der Waals surface area contributed by atoms with Gasteiger partial charge in [0.05, 0.1) is 29.6 Å². The highest BCUT2D eigenvalue weighted by Gasteiger charge is 2.25. The Morgan fingerprint density at radius 3 is 2.44 bits per heavy atom. The van der Waals surface area contributed by atoms with Crippen molar-refractivity contribution in [1.29, 1.82) is 0 Å². The fourth-order valence-corrected chi connectivity index (χ4v) is 3.25. The largest absolute Gasteiger partial charge is 0.465 e. The summed E-state index contributed by atoms with van der Waals surface area (Å²) in [6.07, 6.45) is 1.56. The maximum atomic E-state index is 12.4. The van der Waals surface area contributed by atoms with Gasteiger partial charge in [-0.15, -0.1) is 0 Å². The number of benzene rings is 3. The minimum atomic E-state index is -0.481. The highest BCUT2D eigenvalue weighted by molar-refractivity contribution is 6.32. The Morgan fingerprint density at radius 2 is 1.72 bits per heavy atom. The second-order valence-corrected chi connectivity index (χ2v) is 7.03. The molecule has 3 aromatic rings. The molecule has 0 bridgehead atoms. The zero-order valence-corrected chi connectivity index (χ0v) is 17.1. The highest BCUT2D eigenvalue weighted by Crippen LogP contribution is 2.32. The molecule has 0 unspecified atom stereocenters. The zero-order valence-electron chi connectivity index (χ0n) is 17.1. The van der Waals surface area contributed by atoms with Gasteiger partial charge in [0.1, 0.15) is 0 Å². The molecule has 32 heavy (non-hydrogen) atoms. The van der Waals surface area contributed by atoms with E-state index in [-0.39, 0.29) is 11.8 Å².